The molecule has 0 radical (unpaired) electrons. The Morgan fingerprint density at radius 3 is 2.27 bits per heavy atom. The Balaban J connectivity index is 1.87. The number of aromatic nitrogens is 1. The van der Waals surface area contributed by atoms with Crippen LogP contribution in [0.5, 0.6) is 0 Å². The highest BCUT2D eigenvalue weighted by atomic mass is 19.3. The number of alkyl halides is 2. The topological polar surface area (TPSA) is 42.4 Å². The van der Waals surface area contributed by atoms with E-state index in [1.165, 1.54) is 12.1 Å². The van der Waals surface area contributed by atoms with Crippen LogP contribution in [-0.4, -0.2) is 35.4 Å². The molecular weight excluding hydrogens is 429 g/mol. The van der Waals surface area contributed by atoms with Gasteiger partial charge in [-0.3, -0.25) is 9.78 Å². The van der Waals surface area contributed by atoms with E-state index in [-0.39, 0.29) is 37.2 Å². The molecule has 0 aliphatic rings. The highest BCUT2D eigenvalue weighted by Crippen LogP contribution is 2.28. The van der Waals surface area contributed by atoms with E-state index in [1.807, 2.05) is 49.4 Å². The molecule has 1 aromatic heterocycles. The molecule has 0 fully saturated rings. The number of nitrogens with zero attached hydrogens (tertiary/aromatic N) is 2. The Labute approximate surface area is 192 Å². The summed E-state index contributed by atoms with van der Waals surface area (Å²) in [6.07, 6.45) is -0.791. The number of hydrogen-bond donors (Lipinski definition) is 0. The van der Waals surface area contributed by atoms with Crippen LogP contribution in [0, 0.1) is 5.82 Å². The average molecular weight is 457 g/mol. The van der Waals surface area contributed by atoms with E-state index in [9.17, 15) is 18.0 Å². The number of hydrogen-bond acceptors (Lipinski definition) is 3. The number of benzene rings is 2. The predicted octanol–water partition coefficient (Wildman–Crippen LogP) is 5.77. The van der Waals surface area contributed by atoms with Crippen LogP contribution in [-0.2, 0) is 16.1 Å². The highest BCUT2D eigenvalue weighted by molar-refractivity contribution is 5.77. The zero-order valence-corrected chi connectivity index (χ0v) is 18.4. The molecule has 0 bridgehead atoms. The summed E-state index contributed by atoms with van der Waals surface area (Å²) in [5.74, 6) is -0.677. The minimum Gasteiger partial charge on any atom is -0.373 e. The third-order valence-electron chi connectivity index (χ3n) is 5.38. The second-order valence-electron chi connectivity index (χ2n) is 7.85. The van der Waals surface area contributed by atoms with E-state index in [4.69, 9.17) is 4.74 Å². The van der Waals surface area contributed by atoms with Gasteiger partial charge in [-0.25, -0.2) is 13.2 Å². The summed E-state index contributed by atoms with van der Waals surface area (Å²) in [6, 6.07) is 20.1. The molecule has 0 aliphatic heterocycles. The van der Waals surface area contributed by atoms with Crippen molar-refractivity contribution in [3.8, 4) is 0 Å². The smallest absolute Gasteiger partial charge is 0.261 e. The van der Waals surface area contributed by atoms with Gasteiger partial charge < -0.3 is 9.64 Å². The molecule has 0 spiro atoms. The lowest BCUT2D eigenvalue weighted by molar-refractivity contribution is -0.137. The fourth-order valence-corrected chi connectivity index (χ4v) is 3.64. The Bertz CT molecular complexity index is 985. The van der Waals surface area contributed by atoms with Crippen molar-refractivity contribution in [3.63, 3.8) is 0 Å². The molecule has 3 aromatic rings. The first-order chi connectivity index (χ1) is 15.9. The Morgan fingerprint density at radius 2 is 1.64 bits per heavy atom. The Morgan fingerprint density at radius 1 is 0.939 bits per heavy atom. The predicted molar refractivity (Wildman–Crippen MR) is 120 cm³/mol. The average Bonchev–Trinajstić information content (AvgIpc) is 2.82. The summed E-state index contributed by atoms with van der Waals surface area (Å²) >= 11 is 0. The van der Waals surface area contributed by atoms with E-state index in [0.717, 1.165) is 11.1 Å². The van der Waals surface area contributed by atoms with Crippen LogP contribution in [0.4, 0.5) is 13.2 Å². The first kappa shape index (κ1) is 24.5. The van der Waals surface area contributed by atoms with Crippen LogP contribution in [0.25, 0.3) is 0 Å². The standard InChI is InChI=1S/C26H27F3N2O2/c1-19(20-10-12-22(27)13-11-20)15-26(32)31(16-23-9-5-6-14-30-23)24(17-33-18-25(28)29)21-7-3-2-4-8-21/h2-14,19,24-25H,15-18H2,1H3. The number of halogens is 3. The van der Waals surface area contributed by atoms with Gasteiger partial charge in [-0.05, 0) is 41.3 Å². The molecular formula is C26H27F3N2O2. The van der Waals surface area contributed by atoms with E-state index in [1.54, 1.807) is 29.3 Å². The van der Waals surface area contributed by atoms with Gasteiger partial charge in [0.15, 0.2) is 0 Å². The maximum atomic E-state index is 13.5. The van der Waals surface area contributed by atoms with Gasteiger partial charge in [0.05, 0.1) is 24.9 Å². The molecule has 1 amide bonds. The van der Waals surface area contributed by atoms with E-state index < -0.39 is 19.1 Å². The summed E-state index contributed by atoms with van der Waals surface area (Å²) < 4.78 is 44.1. The Hall–Kier alpha value is -3.19. The zero-order chi connectivity index (χ0) is 23.6. The molecule has 7 heteroatoms. The molecule has 3 rings (SSSR count). The van der Waals surface area contributed by atoms with Crippen molar-refractivity contribution in [2.45, 2.75) is 38.3 Å². The number of rotatable bonds is 11. The number of carbonyl (C=O) groups excluding carboxylic acids is 1. The van der Waals surface area contributed by atoms with Gasteiger partial charge in [-0.2, -0.15) is 0 Å². The first-order valence-electron chi connectivity index (χ1n) is 10.8. The van der Waals surface area contributed by atoms with Crippen LogP contribution in [0.2, 0.25) is 0 Å². The normalized spacial score (nSPS) is 13.0. The minimum atomic E-state index is -2.60. The summed E-state index contributed by atoms with van der Waals surface area (Å²) in [6.45, 7) is 1.32. The Kier molecular flexibility index (Phi) is 9.01. The van der Waals surface area contributed by atoms with Crippen molar-refractivity contribution in [3.05, 3.63) is 102 Å². The largest absolute Gasteiger partial charge is 0.373 e. The second-order valence-corrected chi connectivity index (χ2v) is 7.85. The van der Waals surface area contributed by atoms with Gasteiger partial charge in [0, 0.05) is 12.6 Å². The quantitative estimate of drug-likeness (QED) is 0.368. The van der Waals surface area contributed by atoms with Crippen molar-refractivity contribution in [2.24, 2.45) is 0 Å². The molecule has 4 nitrogen and oxygen atoms in total. The third-order valence-corrected chi connectivity index (χ3v) is 5.38. The van der Waals surface area contributed by atoms with Gasteiger partial charge in [0.1, 0.15) is 12.4 Å². The lowest BCUT2D eigenvalue weighted by Crippen LogP contribution is -2.38. The molecule has 2 aromatic carbocycles. The SMILES string of the molecule is CC(CC(=O)N(Cc1ccccn1)C(COCC(F)F)c1ccccc1)c1ccc(F)cc1. The van der Waals surface area contributed by atoms with Gasteiger partial charge in [-0.15, -0.1) is 0 Å². The summed E-state index contributed by atoms with van der Waals surface area (Å²) in [5.41, 5.74) is 2.30. The number of ether oxygens (including phenoxy) is 1. The third kappa shape index (κ3) is 7.43. The zero-order valence-electron chi connectivity index (χ0n) is 18.4. The molecule has 0 aliphatic carbocycles. The van der Waals surface area contributed by atoms with E-state index in [2.05, 4.69) is 4.98 Å². The van der Waals surface area contributed by atoms with E-state index in [0.29, 0.717) is 5.69 Å². The van der Waals surface area contributed by atoms with E-state index >= 15 is 0 Å². The maximum absolute atomic E-state index is 13.5. The molecule has 0 saturated carbocycles. The first-order valence-corrected chi connectivity index (χ1v) is 10.8. The highest BCUT2D eigenvalue weighted by Gasteiger charge is 2.28. The monoisotopic (exact) mass is 456 g/mol. The van der Waals surface area contributed by atoms with Crippen LogP contribution >= 0.6 is 0 Å². The minimum absolute atomic E-state index is 0.0716. The number of pyridine rings is 1. The molecule has 0 saturated heterocycles. The fourth-order valence-electron chi connectivity index (χ4n) is 3.64. The maximum Gasteiger partial charge on any atom is 0.261 e. The van der Waals surface area contributed by atoms with Crippen molar-refractivity contribution in [1.82, 2.24) is 9.88 Å². The number of carbonyl (C=O) groups is 1. The van der Waals surface area contributed by atoms with Crippen molar-refractivity contribution >= 4 is 5.91 Å². The molecule has 2 unspecified atom stereocenters. The summed E-state index contributed by atoms with van der Waals surface area (Å²) in [4.78, 5) is 19.5. The van der Waals surface area contributed by atoms with Crippen molar-refractivity contribution < 1.29 is 22.7 Å². The van der Waals surface area contributed by atoms with Crippen LogP contribution in [0.1, 0.15) is 42.1 Å². The lowest BCUT2D eigenvalue weighted by atomic mass is 9.96. The number of amides is 1. The van der Waals surface area contributed by atoms with Crippen LogP contribution in [0.15, 0.2) is 79.0 Å². The summed E-state index contributed by atoms with van der Waals surface area (Å²) in [5, 5.41) is 0. The van der Waals surface area contributed by atoms with Crippen LogP contribution in [0.3, 0.4) is 0 Å². The van der Waals surface area contributed by atoms with Crippen molar-refractivity contribution in [1.29, 1.82) is 0 Å². The molecule has 33 heavy (non-hydrogen) atoms. The van der Waals surface area contributed by atoms with Gasteiger partial charge in [-0.1, -0.05) is 55.5 Å². The molecule has 1 heterocycles. The lowest BCUT2D eigenvalue weighted by Gasteiger charge is -2.33. The molecule has 0 N–H and O–H groups in total. The molecule has 2 atom stereocenters. The summed E-state index contributed by atoms with van der Waals surface area (Å²) in [7, 11) is 0. The molecule has 174 valence electrons. The van der Waals surface area contributed by atoms with Crippen LogP contribution < -0.4 is 0 Å². The second kappa shape index (κ2) is 12.2. The van der Waals surface area contributed by atoms with Gasteiger partial charge >= 0.3 is 0 Å². The van der Waals surface area contributed by atoms with Gasteiger partial charge in [0.25, 0.3) is 6.43 Å². The van der Waals surface area contributed by atoms with Gasteiger partial charge in [0.2, 0.25) is 5.91 Å². The fraction of sp³-hybridized carbons (Fsp3) is 0.308. The van der Waals surface area contributed by atoms with Crippen molar-refractivity contribution in [2.75, 3.05) is 13.2 Å².